The largest absolute Gasteiger partial charge is 0.492 e. The number of benzene rings is 1. The molecule has 3 rings (SSSR count). The number of aryl methyl sites for hydroxylation is 1. The summed E-state index contributed by atoms with van der Waals surface area (Å²) < 4.78 is 60.0. The third-order valence-corrected chi connectivity index (χ3v) is 8.78. The van der Waals surface area contributed by atoms with Crippen LogP contribution in [0.1, 0.15) is 63.9 Å². The summed E-state index contributed by atoms with van der Waals surface area (Å²) in [5.74, 6) is -3.12. The van der Waals surface area contributed by atoms with E-state index in [0.29, 0.717) is 44.6 Å². The van der Waals surface area contributed by atoms with E-state index in [1.807, 2.05) is 6.92 Å². The van der Waals surface area contributed by atoms with Crippen molar-refractivity contribution in [3.63, 3.8) is 0 Å². The molecule has 2 N–H and O–H groups in total. The summed E-state index contributed by atoms with van der Waals surface area (Å²) in [7, 11) is -4.00. The maximum absolute atomic E-state index is 13.3. The second-order valence-corrected chi connectivity index (χ2v) is 11.5. The smallest absolute Gasteiger partial charge is 0.322 e. The van der Waals surface area contributed by atoms with E-state index in [1.165, 1.54) is 6.07 Å². The quantitative estimate of drug-likeness (QED) is 0.471. The Labute approximate surface area is 200 Å². The summed E-state index contributed by atoms with van der Waals surface area (Å²) >= 11 is 0. The van der Waals surface area contributed by atoms with Crippen molar-refractivity contribution >= 4 is 16.0 Å². The Hall–Kier alpha value is -1.78. The summed E-state index contributed by atoms with van der Waals surface area (Å²) in [4.78, 5) is 11.5. The minimum atomic E-state index is -4.00. The number of halogens is 2. The second kappa shape index (κ2) is 11.3. The number of rotatable bonds is 11. The standard InChI is InChI=1S/C24H36F2N2O5S/c1-17(9-13-27-19-7-11-24(25,26)12-8-19)10-15-33-21-16-18(2)5-6-22(21)34(31,32)28-14-3-4-20(28)23(29)30/h5-6,16-17,19-20,27H,3-4,7-15H2,1-2H3,(H,29,30)/t17-,20+/m1/s1. The summed E-state index contributed by atoms with van der Waals surface area (Å²) in [5.41, 5.74) is 0.848. The molecule has 0 unspecified atom stereocenters. The summed E-state index contributed by atoms with van der Waals surface area (Å²) in [6, 6.07) is 3.92. The fourth-order valence-corrected chi connectivity index (χ4v) is 6.40. The highest BCUT2D eigenvalue weighted by Crippen LogP contribution is 2.34. The Bertz CT molecular complexity index is 947. The van der Waals surface area contributed by atoms with Gasteiger partial charge in [0.2, 0.25) is 15.9 Å². The number of nitrogens with one attached hydrogen (secondary N) is 1. The molecule has 2 atom stereocenters. The minimum absolute atomic E-state index is 0.00494. The average Bonchev–Trinajstić information content (AvgIpc) is 3.26. The molecule has 1 heterocycles. The van der Waals surface area contributed by atoms with Crippen molar-refractivity contribution in [2.75, 3.05) is 19.7 Å². The molecule has 10 heteroatoms. The number of carbonyl (C=O) groups is 1. The first-order chi connectivity index (χ1) is 16.0. The Balaban J connectivity index is 1.52. The zero-order valence-electron chi connectivity index (χ0n) is 19.9. The van der Waals surface area contributed by atoms with Crippen molar-refractivity contribution in [3.05, 3.63) is 23.8 Å². The van der Waals surface area contributed by atoms with Gasteiger partial charge in [-0.2, -0.15) is 4.31 Å². The first kappa shape index (κ1) is 26.8. The van der Waals surface area contributed by atoms with Gasteiger partial charge in [-0.05, 0) is 75.6 Å². The van der Waals surface area contributed by atoms with Gasteiger partial charge < -0.3 is 15.2 Å². The molecular formula is C24H36F2N2O5S. The van der Waals surface area contributed by atoms with Gasteiger partial charge in [-0.25, -0.2) is 17.2 Å². The zero-order chi connectivity index (χ0) is 24.9. The van der Waals surface area contributed by atoms with E-state index in [-0.39, 0.29) is 36.1 Å². The number of nitrogens with zero attached hydrogens (tertiary/aromatic N) is 1. The van der Waals surface area contributed by atoms with Crippen molar-refractivity contribution in [1.82, 2.24) is 9.62 Å². The van der Waals surface area contributed by atoms with Crippen molar-refractivity contribution < 1.29 is 31.8 Å². The molecule has 1 saturated carbocycles. The van der Waals surface area contributed by atoms with Crippen LogP contribution in [0.25, 0.3) is 0 Å². The molecule has 1 saturated heterocycles. The van der Waals surface area contributed by atoms with E-state index in [9.17, 15) is 27.1 Å². The number of alkyl halides is 2. The fraction of sp³-hybridized carbons (Fsp3) is 0.708. The molecule has 0 spiro atoms. The Morgan fingerprint density at radius 3 is 2.65 bits per heavy atom. The van der Waals surface area contributed by atoms with Crippen LogP contribution in [-0.2, 0) is 14.8 Å². The van der Waals surface area contributed by atoms with Crippen molar-refractivity contribution in [2.24, 2.45) is 5.92 Å². The van der Waals surface area contributed by atoms with E-state index >= 15 is 0 Å². The lowest BCUT2D eigenvalue weighted by molar-refractivity contribution is -0.140. The minimum Gasteiger partial charge on any atom is -0.492 e. The van der Waals surface area contributed by atoms with Gasteiger partial charge in [-0.1, -0.05) is 13.0 Å². The number of hydrogen-bond donors (Lipinski definition) is 2. The third-order valence-electron chi connectivity index (χ3n) is 6.83. The average molecular weight is 503 g/mol. The van der Waals surface area contributed by atoms with Gasteiger partial charge in [0.15, 0.2) is 0 Å². The molecule has 1 aliphatic carbocycles. The van der Waals surface area contributed by atoms with Crippen LogP contribution in [0.4, 0.5) is 8.78 Å². The maximum atomic E-state index is 13.3. The third kappa shape index (κ3) is 6.88. The molecule has 1 aromatic carbocycles. The molecular weight excluding hydrogens is 466 g/mol. The van der Waals surface area contributed by atoms with E-state index in [0.717, 1.165) is 22.8 Å². The van der Waals surface area contributed by atoms with Crippen LogP contribution in [0.5, 0.6) is 5.75 Å². The molecule has 0 aromatic heterocycles. The van der Waals surface area contributed by atoms with Gasteiger partial charge in [0, 0.05) is 25.4 Å². The van der Waals surface area contributed by atoms with Crippen molar-refractivity contribution in [1.29, 1.82) is 0 Å². The highest BCUT2D eigenvalue weighted by molar-refractivity contribution is 7.89. The lowest BCUT2D eigenvalue weighted by Gasteiger charge is -2.29. The number of carboxylic acids is 1. The lowest BCUT2D eigenvalue weighted by Crippen LogP contribution is -2.40. The summed E-state index contributed by atoms with van der Waals surface area (Å²) in [6.07, 6.45) is 3.26. The van der Waals surface area contributed by atoms with Crippen LogP contribution in [-0.4, -0.2) is 61.5 Å². The highest BCUT2D eigenvalue weighted by Gasteiger charge is 2.40. The zero-order valence-corrected chi connectivity index (χ0v) is 20.8. The Kier molecular flexibility index (Phi) is 8.92. The molecule has 34 heavy (non-hydrogen) atoms. The summed E-state index contributed by atoms with van der Waals surface area (Å²) in [5, 5.41) is 12.8. The van der Waals surface area contributed by atoms with Gasteiger partial charge in [-0.15, -0.1) is 0 Å². The number of carboxylic acid groups (broad SMARTS) is 1. The van der Waals surface area contributed by atoms with E-state index in [1.54, 1.807) is 12.1 Å². The first-order valence-electron chi connectivity index (χ1n) is 12.1. The molecule has 192 valence electrons. The normalized spacial score (nSPS) is 22.5. The molecule has 0 radical (unpaired) electrons. The lowest BCUT2D eigenvalue weighted by atomic mass is 9.92. The van der Waals surface area contributed by atoms with E-state index in [2.05, 4.69) is 12.2 Å². The van der Waals surface area contributed by atoms with Crippen LogP contribution in [0, 0.1) is 12.8 Å². The van der Waals surface area contributed by atoms with Crippen LogP contribution in [0.15, 0.2) is 23.1 Å². The van der Waals surface area contributed by atoms with Crippen molar-refractivity contribution in [3.8, 4) is 5.75 Å². The van der Waals surface area contributed by atoms with Crippen molar-refractivity contribution in [2.45, 2.75) is 88.1 Å². The molecule has 2 fully saturated rings. The van der Waals surface area contributed by atoms with Crippen LogP contribution in [0.2, 0.25) is 0 Å². The predicted molar refractivity (Wildman–Crippen MR) is 125 cm³/mol. The van der Waals surface area contributed by atoms with E-state index < -0.39 is 28.0 Å². The molecule has 0 bridgehead atoms. The van der Waals surface area contributed by atoms with Gasteiger partial charge in [0.05, 0.1) is 6.61 Å². The molecule has 7 nitrogen and oxygen atoms in total. The van der Waals surface area contributed by atoms with Gasteiger partial charge in [-0.3, -0.25) is 4.79 Å². The number of sulfonamides is 1. The predicted octanol–water partition coefficient (Wildman–Crippen LogP) is 4.20. The monoisotopic (exact) mass is 502 g/mol. The SMILES string of the molecule is Cc1ccc(S(=O)(=O)N2CCC[C@H]2C(=O)O)c(OCC[C@H](C)CCNC2CCC(F)(F)CC2)c1. The van der Waals surface area contributed by atoms with Gasteiger partial charge >= 0.3 is 5.97 Å². The molecule has 2 aliphatic rings. The van der Waals surface area contributed by atoms with Crippen LogP contribution >= 0.6 is 0 Å². The number of ether oxygens (including phenoxy) is 1. The Morgan fingerprint density at radius 2 is 1.97 bits per heavy atom. The molecule has 1 aromatic rings. The highest BCUT2D eigenvalue weighted by atomic mass is 32.2. The fourth-order valence-electron chi connectivity index (χ4n) is 4.63. The number of aliphatic carboxylic acids is 1. The summed E-state index contributed by atoms with van der Waals surface area (Å²) in [6.45, 7) is 5.16. The van der Waals surface area contributed by atoms with Gasteiger partial charge in [0.1, 0.15) is 16.7 Å². The first-order valence-corrected chi connectivity index (χ1v) is 13.5. The van der Waals surface area contributed by atoms with Crippen LogP contribution < -0.4 is 10.1 Å². The molecule has 0 amide bonds. The molecule has 1 aliphatic heterocycles. The second-order valence-electron chi connectivity index (χ2n) is 9.68. The topological polar surface area (TPSA) is 95.9 Å². The number of hydrogen-bond acceptors (Lipinski definition) is 5. The van der Waals surface area contributed by atoms with E-state index in [4.69, 9.17) is 4.74 Å². The van der Waals surface area contributed by atoms with Gasteiger partial charge in [0.25, 0.3) is 0 Å². The van der Waals surface area contributed by atoms with Crippen LogP contribution in [0.3, 0.4) is 0 Å². The maximum Gasteiger partial charge on any atom is 0.322 e. The Morgan fingerprint density at radius 1 is 1.26 bits per heavy atom.